The van der Waals surface area contributed by atoms with Crippen molar-refractivity contribution in [2.45, 2.75) is 12.8 Å². The van der Waals surface area contributed by atoms with Crippen LogP contribution in [0, 0.1) is 0 Å². The summed E-state index contributed by atoms with van der Waals surface area (Å²) in [4.78, 5) is 19.2. The van der Waals surface area contributed by atoms with Gasteiger partial charge >= 0.3 is 0 Å². The van der Waals surface area contributed by atoms with Gasteiger partial charge in [-0.15, -0.1) is 0 Å². The molecule has 20 heavy (non-hydrogen) atoms. The molecule has 1 unspecified atom stereocenters. The largest absolute Gasteiger partial charge is 0.412 e. The smallest absolute Gasteiger partial charge is 0.277 e. The summed E-state index contributed by atoms with van der Waals surface area (Å²) in [7, 11) is 0. The molecule has 0 spiro atoms. The molecule has 1 aromatic rings. The van der Waals surface area contributed by atoms with E-state index in [1.807, 2.05) is 0 Å². The molecule has 1 aromatic heterocycles. The van der Waals surface area contributed by atoms with E-state index < -0.39 is 12.0 Å². The molecule has 0 saturated carbocycles. The topological polar surface area (TPSA) is 200 Å². The molecule has 2 rings (SSSR count). The number of nitrogens with zero attached hydrogens (tertiary/aromatic N) is 2. The molecular formula is C9H19N5O6. The third-order valence-corrected chi connectivity index (χ3v) is 2.45. The van der Waals surface area contributed by atoms with Gasteiger partial charge in [0.25, 0.3) is 5.56 Å². The van der Waals surface area contributed by atoms with Crippen LogP contribution in [-0.2, 0) is 4.74 Å². The van der Waals surface area contributed by atoms with Crippen molar-refractivity contribution < 1.29 is 25.9 Å². The van der Waals surface area contributed by atoms with Crippen LogP contribution in [0.5, 0.6) is 0 Å². The van der Waals surface area contributed by atoms with E-state index >= 15 is 0 Å². The molecule has 0 radical (unpaired) electrons. The number of anilines is 3. The normalized spacial score (nSPS) is 13.8. The van der Waals surface area contributed by atoms with Crippen LogP contribution in [0.4, 0.5) is 17.5 Å². The number of fused-ring (bicyclic) bond motifs is 1. The van der Waals surface area contributed by atoms with Crippen LogP contribution in [0.1, 0.15) is 6.42 Å². The Balaban J connectivity index is 0.00000180. The zero-order valence-electron chi connectivity index (χ0n) is 10.6. The average molecular weight is 293 g/mol. The number of nitrogens with one attached hydrogen (secondary N) is 2. The van der Waals surface area contributed by atoms with Gasteiger partial charge in [0.2, 0.25) is 12.4 Å². The summed E-state index contributed by atoms with van der Waals surface area (Å²) >= 11 is 0. The number of rotatable bonds is 5. The fourth-order valence-corrected chi connectivity index (χ4v) is 1.61. The molecule has 11 nitrogen and oxygen atoms in total. The van der Waals surface area contributed by atoms with Gasteiger partial charge in [0.05, 0.1) is 13.3 Å². The number of hydrogen-bond acceptors (Lipinski definition) is 8. The van der Waals surface area contributed by atoms with Crippen molar-refractivity contribution in [1.82, 2.24) is 9.97 Å². The van der Waals surface area contributed by atoms with Crippen molar-refractivity contribution in [3.8, 4) is 0 Å². The highest BCUT2D eigenvalue weighted by molar-refractivity contribution is 5.70. The van der Waals surface area contributed by atoms with Gasteiger partial charge in [-0.1, -0.05) is 0 Å². The van der Waals surface area contributed by atoms with E-state index in [9.17, 15) is 9.90 Å². The first-order valence-electron chi connectivity index (χ1n) is 5.44. The van der Waals surface area contributed by atoms with Crippen molar-refractivity contribution in [2.24, 2.45) is 0 Å². The van der Waals surface area contributed by atoms with Gasteiger partial charge in [-0.2, -0.15) is 4.98 Å². The minimum Gasteiger partial charge on any atom is -0.412 e. The zero-order chi connectivity index (χ0) is 13.1. The summed E-state index contributed by atoms with van der Waals surface area (Å²) in [6, 6.07) is 0. The van der Waals surface area contributed by atoms with Crippen molar-refractivity contribution in [1.29, 1.82) is 0 Å². The predicted octanol–water partition coefficient (Wildman–Crippen LogP) is -3.43. The molecule has 10 N–H and O–H groups in total. The Bertz CT molecular complexity index is 480. The van der Waals surface area contributed by atoms with Crippen LogP contribution in [0.3, 0.4) is 0 Å². The number of nitrogens with two attached hydrogens (primary N) is 1. The number of aliphatic hydroxyl groups excluding tert-OH is 2. The molecule has 0 saturated heterocycles. The molecule has 0 aliphatic carbocycles. The first kappa shape index (κ1) is 18.1. The highest BCUT2D eigenvalue weighted by Crippen LogP contribution is 2.26. The lowest BCUT2D eigenvalue weighted by atomic mass is 10.4. The van der Waals surface area contributed by atoms with Crippen LogP contribution in [-0.4, -0.2) is 57.4 Å². The number of H-pyrrole nitrogens is 1. The Kier molecular flexibility index (Phi) is 6.89. The molecule has 0 fully saturated rings. The lowest BCUT2D eigenvalue weighted by Crippen LogP contribution is -2.37. The highest BCUT2D eigenvalue weighted by atomic mass is 16.6. The van der Waals surface area contributed by atoms with Gasteiger partial charge in [0, 0.05) is 6.61 Å². The van der Waals surface area contributed by atoms with Crippen molar-refractivity contribution >= 4 is 17.5 Å². The Hall–Kier alpha value is -1.92. The Morgan fingerprint density at radius 2 is 2.20 bits per heavy atom. The van der Waals surface area contributed by atoms with Gasteiger partial charge in [-0.3, -0.25) is 14.7 Å². The molecule has 116 valence electrons. The predicted molar refractivity (Wildman–Crippen MR) is 71.1 cm³/mol. The van der Waals surface area contributed by atoms with Crippen molar-refractivity contribution in [3.05, 3.63) is 10.4 Å². The zero-order valence-corrected chi connectivity index (χ0v) is 10.6. The SMILES string of the molecule is Nc1nc2c(c(=O)[nH]1)NCN2C(O)OCCCO.O.O. The van der Waals surface area contributed by atoms with Crippen LogP contribution < -0.4 is 21.5 Å². The summed E-state index contributed by atoms with van der Waals surface area (Å²) in [5.74, 6) is 0.211. The van der Waals surface area contributed by atoms with E-state index in [2.05, 4.69) is 15.3 Å². The molecule has 2 heterocycles. The Labute approximate surface area is 113 Å². The van der Waals surface area contributed by atoms with Crippen LogP contribution >= 0.6 is 0 Å². The second-order valence-corrected chi connectivity index (χ2v) is 3.73. The summed E-state index contributed by atoms with van der Waals surface area (Å²) in [5, 5.41) is 21.2. The van der Waals surface area contributed by atoms with Crippen LogP contribution in [0.25, 0.3) is 0 Å². The van der Waals surface area contributed by atoms with E-state index in [4.69, 9.17) is 15.6 Å². The number of aliphatic hydroxyl groups is 2. The quantitative estimate of drug-likeness (QED) is 0.272. The van der Waals surface area contributed by atoms with Gasteiger partial charge < -0.3 is 37.0 Å². The fourth-order valence-electron chi connectivity index (χ4n) is 1.61. The molecule has 0 aromatic carbocycles. The van der Waals surface area contributed by atoms with E-state index in [0.717, 1.165) is 0 Å². The lowest BCUT2D eigenvalue weighted by molar-refractivity contribution is -0.100. The minimum absolute atomic E-state index is 0. The van der Waals surface area contributed by atoms with Crippen molar-refractivity contribution in [3.63, 3.8) is 0 Å². The first-order valence-corrected chi connectivity index (χ1v) is 5.44. The lowest BCUT2D eigenvalue weighted by Gasteiger charge is -2.23. The van der Waals surface area contributed by atoms with E-state index in [-0.39, 0.29) is 48.3 Å². The maximum Gasteiger partial charge on any atom is 0.277 e. The third kappa shape index (κ3) is 3.55. The van der Waals surface area contributed by atoms with Gasteiger partial charge in [-0.25, -0.2) is 0 Å². The molecule has 1 aliphatic rings. The average Bonchev–Trinajstić information content (AvgIpc) is 2.73. The number of hydrogen-bond donors (Lipinski definition) is 5. The summed E-state index contributed by atoms with van der Waals surface area (Å²) in [6.45, 7) is 0.365. The Morgan fingerprint density at radius 3 is 2.85 bits per heavy atom. The number of ether oxygens (including phenoxy) is 1. The second kappa shape index (κ2) is 7.62. The number of aromatic nitrogens is 2. The second-order valence-electron chi connectivity index (χ2n) is 3.73. The van der Waals surface area contributed by atoms with Crippen LogP contribution in [0.2, 0.25) is 0 Å². The third-order valence-electron chi connectivity index (χ3n) is 2.45. The standard InChI is InChI=1S/C9H15N5O4.2H2O/c10-8-12-6-5(7(16)13-8)11-4-14(6)9(17)18-3-1-2-15;;/h9,11,15,17H,1-4H2,(H3,10,12,13,16);2*1H2. The van der Waals surface area contributed by atoms with Crippen molar-refractivity contribution in [2.75, 3.05) is 35.8 Å². The highest BCUT2D eigenvalue weighted by Gasteiger charge is 2.29. The minimum atomic E-state index is -1.25. The first-order chi connectivity index (χ1) is 8.63. The number of nitrogen functional groups attached to an aromatic ring is 1. The molecule has 11 heteroatoms. The summed E-state index contributed by atoms with van der Waals surface area (Å²) in [5.41, 5.74) is 5.28. The van der Waals surface area contributed by atoms with Crippen LogP contribution in [0.15, 0.2) is 4.79 Å². The van der Waals surface area contributed by atoms with E-state index in [1.54, 1.807) is 0 Å². The van der Waals surface area contributed by atoms with Gasteiger partial charge in [0.1, 0.15) is 5.69 Å². The molecule has 0 amide bonds. The number of aromatic amines is 1. The Morgan fingerprint density at radius 1 is 1.50 bits per heavy atom. The van der Waals surface area contributed by atoms with Gasteiger partial charge in [-0.05, 0) is 6.42 Å². The molecule has 1 aliphatic heterocycles. The summed E-state index contributed by atoms with van der Waals surface area (Å²) in [6.07, 6.45) is -0.838. The molecule has 0 bridgehead atoms. The van der Waals surface area contributed by atoms with Gasteiger partial charge in [0.15, 0.2) is 5.82 Å². The maximum absolute atomic E-state index is 11.5. The monoisotopic (exact) mass is 293 g/mol. The maximum atomic E-state index is 11.5. The molecular weight excluding hydrogens is 274 g/mol. The van der Waals surface area contributed by atoms with E-state index in [0.29, 0.717) is 6.42 Å². The fraction of sp³-hybridized carbons (Fsp3) is 0.556. The summed E-state index contributed by atoms with van der Waals surface area (Å²) < 4.78 is 5.09. The molecule has 1 atom stereocenters. The van der Waals surface area contributed by atoms with E-state index in [1.165, 1.54) is 4.90 Å².